The van der Waals surface area contributed by atoms with E-state index in [1.807, 2.05) is 0 Å². The van der Waals surface area contributed by atoms with E-state index in [0.29, 0.717) is 17.9 Å². The molecule has 0 spiro atoms. The first-order valence-corrected chi connectivity index (χ1v) is 8.70. The molecule has 3 unspecified atom stereocenters. The number of rotatable bonds is 7. The van der Waals surface area contributed by atoms with Crippen LogP contribution in [-0.4, -0.2) is 62.0 Å². The lowest BCUT2D eigenvalue weighted by molar-refractivity contribution is -0.0328. The number of aliphatic hydroxyl groups is 1. The molecule has 124 valence electrons. The number of aliphatic hydroxyl groups excluding tert-OH is 1. The van der Waals surface area contributed by atoms with E-state index in [1.165, 1.54) is 12.8 Å². The van der Waals surface area contributed by atoms with Crippen LogP contribution >= 0.6 is 0 Å². The molecule has 0 aromatic carbocycles. The van der Waals surface area contributed by atoms with Gasteiger partial charge in [-0.25, -0.2) is 0 Å². The minimum atomic E-state index is 0.227. The maximum Gasteiger partial charge on any atom is 0.0589 e. The highest BCUT2D eigenvalue weighted by molar-refractivity contribution is 4.93. The number of likely N-dealkylation sites (tertiary alicyclic amines) is 1. The smallest absolute Gasteiger partial charge is 0.0589 e. The van der Waals surface area contributed by atoms with Gasteiger partial charge in [0.2, 0.25) is 0 Å². The van der Waals surface area contributed by atoms with E-state index in [4.69, 9.17) is 4.74 Å². The number of nitrogens with zero attached hydrogens (tertiary/aromatic N) is 1. The highest BCUT2D eigenvalue weighted by atomic mass is 16.5. The fourth-order valence-electron chi connectivity index (χ4n) is 3.87. The topological polar surface area (TPSA) is 44.7 Å². The molecule has 2 heterocycles. The number of ether oxygens (including phenoxy) is 1. The first-order valence-electron chi connectivity index (χ1n) is 8.70. The van der Waals surface area contributed by atoms with Crippen LogP contribution in [0.25, 0.3) is 0 Å². The van der Waals surface area contributed by atoms with E-state index in [2.05, 4.69) is 31.0 Å². The van der Waals surface area contributed by atoms with Crippen molar-refractivity contribution in [2.24, 2.45) is 17.3 Å². The first-order chi connectivity index (χ1) is 10.1. The molecular formula is C17H34N2O2. The van der Waals surface area contributed by atoms with E-state index in [-0.39, 0.29) is 12.0 Å². The van der Waals surface area contributed by atoms with Crippen molar-refractivity contribution in [2.45, 2.75) is 46.1 Å². The summed E-state index contributed by atoms with van der Waals surface area (Å²) < 4.78 is 5.82. The van der Waals surface area contributed by atoms with Gasteiger partial charge in [0, 0.05) is 31.2 Å². The van der Waals surface area contributed by atoms with Crippen LogP contribution in [0.3, 0.4) is 0 Å². The minimum Gasteiger partial charge on any atom is -0.395 e. The third kappa shape index (κ3) is 4.65. The zero-order valence-corrected chi connectivity index (χ0v) is 14.1. The molecule has 4 heteroatoms. The predicted octanol–water partition coefficient (Wildman–Crippen LogP) is 1.73. The SMILES string of the molecule is CC(C)CNCC1(CN2CCC(C)C2CO)CCCOC1. The summed E-state index contributed by atoms with van der Waals surface area (Å²) in [5, 5.41) is 13.3. The molecule has 0 aromatic heterocycles. The Hall–Kier alpha value is -0.160. The summed E-state index contributed by atoms with van der Waals surface area (Å²) in [5.74, 6) is 1.30. The number of nitrogens with one attached hydrogen (secondary N) is 1. The molecular weight excluding hydrogens is 264 g/mol. The van der Waals surface area contributed by atoms with Crippen molar-refractivity contribution in [3.05, 3.63) is 0 Å². The molecule has 0 amide bonds. The third-order valence-electron chi connectivity index (χ3n) is 5.18. The molecule has 0 aromatic rings. The Kier molecular flexibility index (Phi) is 6.48. The lowest BCUT2D eigenvalue weighted by Gasteiger charge is -2.42. The predicted molar refractivity (Wildman–Crippen MR) is 86.4 cm³/mol. The second kappa shape index (κ2) is 7.91. The van der Waals surface area contributed by atoms with Crippen molar-refractivity contribution in [2.75, 3.05) is 46.0 Å². The van der Waals surface area contributed by atoms with Crippen molar-refractivity contribution in [3.63, 3.8) is 0 Å². The van der Waals surface area contributed by atoms with Crippen LogP contribution in [0.15, 0.2) is 0 Å². The summed E-state index contributed by atoms with van der Waals surface area (Å²) in [7, 11) is 0. The first kappa shape index (κ1) is 17.2. The Balaban J connectivity index is 1.95. The zero-order chi connectivity index (χ0) is 15.3. The van der Waals surface area contributed by atoms with Gasteiger partial charge in [-0.1, -0.05) is 20.8 Å². The van der Waals surface area contributed by atoms with Gasteiger partial charge in [-0.15, -0.1) is 0 Å². The standard InChI is InChI=1S/C17H34N2O2/c1-14(2)9-18-11-17(6-4-8-21-13-17)12-19-7-5-15(3)16(19)10-20/h14-16,18,20H,4-13H2,1-3H3. The lowest BCUT2D eigenvalue weighted by atomic mass is 9.81. The zero-order valence-electron chi connectivity index (χ0n) is 14.1. The second-order valence-corrected chi connectivity index (χ2v) is 7.67. The van der Waals surface area contributed by atoms with Crippen LogP contribution < -0.4 is 5.32 Å². The molecule has 0 saturated carbocycles. The van der Waals surface area contributed by atoms with Gasteiger partial charge in [0.1, 0.15) is 0 Å². The summed E-state index contributed by atoms with van der Waals surface area (Å²) in [6, 6.07) is 0.342. The number of hydrogen-bond acceptors (Lipinski definition) is 4. The van der Waals surface area contributed by atoms with Crippen LogP contribution in [0, 0.1) is 17.3 Å². The summed E-state index contributed by atoms with van der Waals surface area (Å²) in [5.41, 5.74) is 0.227. The maximum atomic E-state index is 9.68. The van der Waals surface area contributed by atoms with E-state index in [1.54, 1.807) is 0 Å². The highest BCUT2D eigenvalue weighted by Crippen LogP contribution is 2.33. The normalized spacial score (nSPS) is 34.7. The molecule has 0 aliphatic carbocycles. The second-order valence-electron chi connectivity index (χ2n) is 7.67. The molecule has 3 atom stereocenters. The Labute approximate surface area is 130 Å². The van der Waals surface area contributed by atoms with E-state index < -0.39 is 0 Å². The van der Waals surface area contributed by atoms with Crippen molar-refractivity contribution in [1.29, 1.82) is 0 Å². The van der Waals surface area contributed by atoms with Crippen LogP contribution in [-0.2, 0) is 4.74 Å². The molecule has 2 aliphatic heterocycles. The quantitative estimate of drug-likeness (QED) is 0.751. The average Bonchev–Trinajstić information content (AvgIpc) is 2.79. The van der Waals surface area contributed by atoms with Crippen molar-refractivity contribution in [3.8, 4) is 0 Å². The maximum absolute atomic E-state index is 9.68. The Morgan fingerprint density at radius 1 is 1.43 bits per heavy atom. The van der Waals surface area contributed by atoms with Crippen molar-refractivity contribution >= 4 is 0 Å². The summed E-state index contributed by atoms with van der Waals surface area (Å²) in [6.07, 6.45) is 3.61. The highest BCUT2D eigenvalue weighted by Gasteiger charge is 2.39. The lowest BCUT2D eigenvalue weighted by Crippen LogP contribution is -2.51. The molecule has 0 radical (unpaired) electrons. The molecule has 2 rings (SSSR count). The van der Waals surface area contributed by atoms with Gasteiger partial charge in [0.25, 0.3) is 0 Å². The molecule has 2 fully saturated rings. The van der Waals surface area contributed by atoms with Crippen LogP contribution in [0.2, 0.25) is 0 Å². The third-order valence-corrected chi connectivity index (χ3v) is 5.18. The monoisotopic (exact) mass is 298 g/mol. The van der Waals surface area contributed by atoms with Gasteiger partial charge in [-0.05, 0) is 44.2 Å². The van der Waals surface area contributed by atoms with Gasteiger partial charge in [-0.3, -0.25) is 4.90 Å². The largest absolute Gasteiger partial charge is 0.395 e. The van der Waals surface area contributed by atoms with Gasteiger partial charge in [0.15, 0.2) is 0 Å². The van der Waals surface area contributed by atoms with E-state index in [0.717, 1.165) is 45.8 Å². The Morgan fingerprint density at radius 2 is 2.24 bits per heavy atom. The fourth-order valence-corrected chi connectivity index (χ4v) is 3.87. The summed E-state index contributed by atoms with van der Waals surface area (Å²) >= 11 is 0. The van der Waals surface area contributed by atoms with Gasteiger partial charge < -0.3 is 15.2 Å². The fraction of sp³-hybridized carbons (Fsp3) is 1.00. The number of hydrogen-bond donors (Lipinski definition) is 2. The molecule has 2 aliphatic rings. The Bertz CT molecular complexity index is 303. The minimum absolute atomic E-state index is 0.227. The Morgan fingerprint density at radius 3 is 2.86 bits per heavy atom. The molecule has 4 nitrogen and oxygen atoms in total. The molecule has 0 bridgehead atoms. The van der Waals surface area contributed by atoms with Crippen molar-refractivity contribution in [1.82, 2.24) is 10.2 Å². The van der Waals surface area contributed by atoms with E-state index >= 15 is 0 Å². The summed E-state index contributed by atoms with van der Waals surface area (Å²) in [4.78, 5) is 2.51. The van der Waals surface area contributed by atoms with E-state index in [9.17, 15) is 5.11 Å². The van der Waals surface area contributed by atoms with Crippen LogP contribution in [0.4, 0.5) is 0 Å². The van der Waals surface area contributed by atoms with Gasteiger partial charge >= 0.3 is 0 Å². The molecule has 2 N–H and O–H groups in total. The summed E-state index contributed by atoms with van der Waals surface area (Å²) in [6.45, 7) is 13.1. The van der Waals surface area contributed by atoms with Gasteiger partial charge in [0.05, 0.1) is 13.2 Å². The van der Waals surface area contributed by atoms with Crippen LogP contribution in [0.5, 0.6) is 0 Å². The van der Waals surface area contributed by atoms with Crippen LogP contribution in [0.1, 0.15) is 40.0 Å². The molecule has 2 saturated heterocycles. The average molecular weight is 298 g/mol. The molecule has 21 heavy (non-hydrogen) atoms. The van der Waals surface area contributed by atoms with Gasteiger partial charge in [-0.2, -0.15) is 0 Å². The van der Waals surface area contributed by atoms with Crippen molar-refractivity contribution < 1.29 is 9.84 Å².